The summed E-state index contributed by atoms with van der Waals surface area (Å²) in [4.78, 5) is 0.857. The molecule has 0 bridgehead atoms. The number of ether oxygens (including phenoxy) is 1. The molecule has 0 aliphatic heterocycles. The second-order valence-corrected chi connectivity index (χ2v) is 3.03. The lowest BCUT2D eigenvalue weighted by atomic mass is 10.2. The topological polar surface area (TPSA) is 29.5 Å². The van der Waals surface area contributed by atoms with E-state index in [1.165, 1.54) is 0 Å². The van der Waals surface area contributed by atoms with Gasteiger partial charge in [-0.05, 0) is 24.6 Å². The molecule has 66 valence electrons. The van der Waals surface area contributed by atoms with Gasteiger partial charge in [0.15, 0.2) is 0 Å². The van der Waals surface area contributed by atoms with E-state index >= 15 is 0 Å². The van der Waals surface area contributed by atoms with Crippen LogP contribution in [0.1, 0.15) is 12.5 Å². The maximum absolute atomic E-state index is 8.69. The second-order valence-electron chi connectivity index (χ2n) is 2.37. The molecule has 0 aromatic heterocycles. The van der Waals surface area contributed by atoms with Crippen molar-refractivity contribution in [2.24, 2.45) is 0 Å². The molecule has 0 saturated heterocycles. The molecule has 0 aliphatic rings. The highest BCUT2D eigenvalue weighted by Crippen LogP contribution is 2.14. The third-order valence-electron chi connectivity index (χ3n) is 1.50. The van der Waals surface area contributed by atoms with E-state index in [4.69, 9.17) is 9.29 Å². The van der Waals surface area contributed by atoms with Crippen molar-refractivity contribution in [1.29, 1.82) is 0 Å². The van der Waals surface area contributed by atoms with Crippen LogP contribution in [0.5, 0.6) is 0 Å². The SMILES string of the molecule is CCOCc1ccc(SO)cc1. The summed E-state index contributed by atoms with van der Waals surface area (Å²) in [5.41, 5.74) is 1.13. The summed E-state index contributed by atoms with van der Waals surface area (Å²) in [5, 5.41) is 0. The lowest BCUT2D eigenvalue weighted by molar-refractivity contribution is 0.134. The summed E-state index contributed by atoms with van der Waals surface area (Å²) in [6, 6.07) is 7.65. The van der Waals surface area contributed by atoms with Gasteiger partial charge >= 0.3 is 0 Å². The molecule has 0 aliphatic carbocycles. The van der Waals surface area contributed by atoms with Crippen molar-refractivity contribution >= 4 is 12.0 Å². The van der Waals surface area contributed by atoms with Crippen LogP contribution >= 0.6 is 12.0 Å². The molecule has 3 heteroatoms. The van der Waals surface area contributed by atoms with Crippen LogP contribution in [0, 0.1) is 0 Å². The average molecular weight is 184 g/mol. The van der Waals surface area contributed by atoms with Gasteiger partial charge in [0.2, 0.25) is 0 Å². The fraction of sp³-hybridized carbons (Fsp3) is 0.333. The van der Waals surface area contributed by atoms with E-state index in [2.05, 4.69) is 0 Å². The van der Waals surface area contributed by atoms with Gasteiger partial charge in [-0.1, -0.05) is 12.1 Å². The first-order valence-electron chi connectivity index (χ1n) is 3.85. The molecule has 1 N–H and O–H groups in total. The quantitative estimate of drug-likeness (QED) is 0.730. The van der Waals surface area contributed by atoms with Crippen molar-refractivity contribution in [2.75, 3.05) is 6.61 Å². The Hall–Kier alpha value is -0.510. The molecule has 2 nitrogen and oxygen atoms in total. The normalized spacial score (nSPS) is 10.2. The zero-order chi connectivity index (χ0) is 8.81. The van der Waals surface area contributed by atoms with Gasteiger partial charge in [0.1, 0.15) is 0 Å². The third kappa shape index (κ3) is 2.85. The van der Waals surface area contributed by atoms with E-state index in [9.17, 15) is 0 Å². The van der Waals surface area contributed by atoms with Crippen LogP contribution in [0.15, 0.2) is 29.2 Å². The van der Waals surface area contributed by atoms with Crippen LogP contribution in [-0.4, -0.2) is 11.2 Å². The molecular formula is C9H12O2S. The number of benzene rings is 1. The summed E-state index contributed by atoms with van der Waals surface area (Å²) in [5.74, 6) is 0. The van der Waals surface area contributed by atoms with Crippen molar-refractivity contribution in [3.8, 4) is 0 Å². The lowest BCUT2D eigenvalue weighted by Gasteiger charge is -2.01. The van der Waals surface area contributed by atoms with Crippen molar-refractivity contribution in [2.45, 2.75) is 18.4 Å². The maximum Gasteiger partial charge on any atom is 0.0716 e. The first-order chi connectivity index (χ1) is 5.86. The molecular weight excluding hydrogens is 172 g/mol. The first-order valence-corrected chi connectivity index (χ1v) is 4.62. The van der Waals surface area contributed by atoms with E-state index < -0.39 is 0 Å². The van der Waals surface area contributed by atoms with Gasteiger partial charge in [-0.3, -0.25) is 0 Å². The Kier molecular flexibility index (Phi) is 4.14. The third-order valence-corrected chi connectivity index (χ3v) is 1.98. The smallest absolute Gasteiger partial charge is 0.0716 e. The number of hydrogen-bond donors (Lipinski definition) is 1. The van der Waals surface area contributed by atoms with E-state index in [-0.39, 0.29) is 0 Å². The summed E-state index contributed by atoms with van der Waals surface area (Å²) >= 11 is 0.761. The van der Waals surface area contributed by atoms with Gasteiger partial charge in [0.25, 0.3) is 0 Å². The maximum atomic E-state index is 8.69. The van der Waals surface area contributed by atoms with Crippen LogP contribution in [0.3, 0.4) is 0 Å². The Morgan fingerprint density at radius 2 is 2.00 bits per heavy atom. The second kappa shape index (κ2) is 5.19. The molecule has 1 aromatic rings. The monoisotopic (exact) mass is 184 g/mol. The van der Waals surface area contributed by atoms with Crippen LogP contribution in [0.25, 0.3) is 0 Å². The van der Waals surface area contributed by atoms with E-state index in [1.807, 2.05) is 31.2 Å². The van der Waals surface area contributed by atoms with Crippen LogP contribution in [0.4, 0.5) is 0 Å². The van der Waals surface area contributed by atoms with Crippen molar-refractivity contribution in [1.82, 2.24) is 0 Å². The largest absolute Gasteiger partial charge is 0.377 e. The number of rotatable bonds is 4. The molecule has 0 saturated carbocycles. The molecule has 12 heavy (non-hydrogen) atoms. The molecule has 0 atom stereocenters. The molecule has 0 spiro atoms. The molecule has 0 heterocycles. The minimum atomic E-state index is 0.646. The van der Waals surface area contributed by atoms with Gasteiger partial charge in [-0.2, -0.15) is 0 Å². The minimum absolute atomic E-state index is 0.646. The molecule has 0 amide bonds. The summed E-state index contributed by atoms with van der Waals surface area (Å²) in [7, 11) is 0. The number of hydrogen-bond acceptors (Lipinski definition) is 3. The standard InChI is InChI=1S/C9H12O2S/c1-2-11-7-8-3-5-9(12-10)6-4-8/h3-6,10H,2,7H2,1H3. The molecule has 0 unspecified atom stereocenters. The van der Waals surface area contributed by atoms with Gasteiger partial charge in [-0.15, -0.1) is 0 Å². The highest BCUT2D eigenvalue weighted by molar-refractivity contribution is 7.93. The Labute approximate surface area is 76.8 Å². The summed E-state index contributed by atoms with van der Waals surface area (Å²) in [6.45, 7) is 3.35. The van der Waals surface area contributed by atoms with E-state index in [0.717, 1.165) is 29.1 Å². The predicted molar refractivity (Wildman–Crippen MR) is 50.3 cm³/mol. The van der Waals surface area contributed by atoms with Crippen LogP contribution in [-0.2, 0) is 11.3 Å². The zero-order valence-electron chi connectivity index (χ0n) is 6.99. The van der Waals surface area contributed by atoms with E-state index in [0.29, 0.717) is 6.61 Å². The summed E-state index contributed by atoms with van der Waals surface area (Å²) in [6.07, 6.45) is 0. The van der Waals surface area contributed by atoms with Gasteiger partial charge in [0, 0.05) is 23.5 Å². The van der Waals surface area contributed by atoms with Crippen molar-refractivity contribution < 1.29 is 9.29 Å². The Morgan fingerprint density at radius 1 is 1.33 bits per heavy atom. The highest BCUT2D eigenvalue weighted by Gasteiger charge is 1.93. The summed E-state index contributed by atoms with van der Waals surface area (Å²) < 4.78 is 13.9. The molecule has 0 fully saturated rings. The predicted octanol–water partition coefficient (Wildman–Crippen LogP) is 2.79. The zero-order valence-corrected chi connectivity index (χ0v) is 7.80. The van der Waals surface area contributed by atoms with Gasteiger partial charge < -0.3 is 9.29 Å². The Balaban J connectivity index is 2.53. The van der Waals surface area contributed by atoms with Crippen molar-refractivity contribution in [3.63, 3.8) is 0 Å². The average Bonchev–Trinajstić information content (AvgIpc) is 2.15. The Bertz CT molecular complexity index is 220. The molecule has 0 radical (unpaired) electrons. The minimum Gasteiger partial charge on any atom is -0.377 e. The fourth-order valence-electron chi connectivity index (χ4n) is 0.866. The highest BCUT2D eigenvalue weighted by atomic mass is 32.2. The molecule has 1 rings (SSSR count). The fourth-order valence-corrected chi connectivity index (χ4v) is 1.12. The van der Waals surface area contributed by atoms with Gasteiger partial charge in [-0.25, -0.2) is 0 Å². The van der Waals surface area contributed by atoms with E-state index in [1.54, 1.807) is 0 Å². The molecule has 1 aromatic carbocycles. The van der Waals surface area contributed by atoms with Crippen LogP contribution in [0.2, 0.25) is 0 Å². The lowest BCUT2D eigenvalue weighted by Crippen LogP contribution is -1.90. The van der Waals surface area contributed by atoms with Gasteiger partial charge in [0.05, 0.1) is 6.61 Å². The Morgan fingerprint density at radius 3 is 2.50 bits per heavy atom. The first kappa shape index (κ1) is 9.58. The van der Waals surface area contributed by atoms with Crippen LogP contribution < -0.4 is 0 Å². The van der Waals surface area contributed by atoms with Crippen molar-refractivity contribution in [3.05, 3.63) is 29.8 Å².